The summed E-state index contributed by atoms with van der Waals surface area (Å²) < 4.78 is 4.87. The zero-order chi connectivity index (χ0) is 13.8. The molecule has 0 aromatic carbocycles. The number of carbonyl (C=O) groups excluding carboxylic acids is 1. The highest BCUT2D eigenvalue weighted by Gasteiger charge is 2.24. The Balaban J connectivity index is 2.75. The standard InChI is InChI=1S/C13H20N2O3/c1-5-18-12(17)10-6-7-11(14-8-10)15-13(3,4)9(2)16/h6-9,16H,5H2,1-4H3,(H,14,15). The molecule has 0 spiro atoms. The zero-order valence-electron chi connectivity index (χ0n) is 11.2. The third-order valence-electron chi connectivity index (χ3n) is 2.77. The van der Waals surface area contributed by atoms with Crippen molar-refractivity contribution < 1.29 is 14.6 Å². The number of aromatic nitrogens is 1. The molecule has 5 heteroatoms. The summed E-state index contributed by atoms with van der Waals surface area (Å²) in [5.41, 5.74) is -0.0735. The van der Waals surface area contributed by atoms with Gasteiger partial charge in [0.05, 0.1) is 23.8 Å². The minimum Gasteiger partial charge on any atom is -0.462 e. The highest BCUT2D eigenvalue weighted by Crippen LogP contribution is 2.16. The number of pyridine rings is 1. The van der Waals surface area contributed by atoms with E-state index in [0.717, 1.165) is 0 Å². The van der Waals surface area contributed by atoms with E-state index >= 15 is 0 Å². The Labute approximate surface area is 107 Å². The van der Waals surface area contributed by atoms with Crippen LogP contribution < -0.4 is 5.32 Å². The highest BCUT2D eigenvalue weighted by molar-refractivity contribution is 5.89. The molecule has 0 saturated heterocycles. The lowest BCUT2D eigenvalue weighted by Crippen LogP contribution is -2.42. The third-order valence-corrected chi connectivity index (χ3v) is 2.77. The quantitative estimate of drug-likeness (QED) is 0.782. The van der Waals surface area contributed by atoms with Crippen LogP contribution in [0.4, 0.5) is 5.82 Å². The molecule has 18 heavy (non-hydrogen) atoms. The fraction of sp³-hybridized carbons (Fsp3) is 0.538. The zero-order valence-corrected chi connectivity index (χ0v) is 11.2. The number of hydrogen-bond donors (Lipinski definition) is 2. The number of nitrogens with one attached hydrogen (secondary N) is 1. The second kappa shape index (κ2) is 5.82. The van der Waals surface area contributed by atoms with E-state index in [4.69, 9.17) is 4.74 Å². The molecule has 0 aliphatic rings. The molecule has 1 heterocycles. The maximum Gasteiger partial charge on any atom is 0.339 e. The predicted molar refractivity (Wildman–Crippen MR) is 69.6 cm³/mol. The number of aliphatic hydroxyl groups excluding tert-OH is 1. The summed E-state index contributed by atoms with van der Waals surface area (Å²) in [6, 6.07) is 3.34. The lowest BCUT2D eigenvalue weighted by molar-refractivity contribution is 0.0526. The van der Waals surface area contributed by atoms with Crippen molar-refractivity contribution in [1.82, 2.24) is 4.98 Å². The Morgan fingerprint density at radius 3 is 2.67 bits per heavy atom. The van der Waals surface area contributed by atoms with Gasteiger partial charge in [-0.2, -0.15) is 0 Å². The van der Waals surface area contributed by atoms with Crippen LogP contribution in [0, 0.1) is 0 Å². The second-order valence-corrected chi connectivity index (χ2v) is 4.68. The number of hydrogen-bond acceptors (Lipinski definition) is 5. The van der Waals surface area contributed by atoms with Gasteiger partial charge in [0.25, 0.3) is 0 Å². The number of aliphatic hydroxyl groups is 1. The molecule has 1 aromatic heterocycles. The van der Waals surface area contributed by atoms with Crippen molar-refractivity contribution >= 4 is 11.8 Å². The van der Waals surface area contributed by atoms with Crippen molar-refractivity contribution in [3.63, 3.8) is 0 Å². The van der Waals surface area contributed by atoms with E-state index < -0.39 is 11.6 Å². The number of carbonyl (C=O) groups is 1. The molecule has 0 bridgehead atoms. The van der Waals surface area contributed by atoms with Gasteiger partial charge in [-0.1, -0.05) is 0 Å². The SMILES string of the molecule is CCOC(=O)c1ccc(NC(C)(C)C(C)O)nc1. The summed E-state index contributed by atoms with van der Waals surface area (Å²) in [7, 11) is 0. The Bertz CT molecular complexity index is 399. The minimum absolute atomic E-state index is 0.341. The number of esters is 1. The summed E-state index contributed by atoms with van der Waals surface area (Å²) >= 11 is 0. The van der Waals surface area contributed by atoms with E-state index in [1.165, 1.54) is 6.20 Å². The van der Waals surface area contributed by atoms with E-state index in [-0.39, 0.29) is 5.97 Å². The predicted octanol–water partition coefficient (Wildman–Crippen LogP) is 1.83. The van der Waals surface area contributed by atoms with Gasteiger partial charge in [-0.25, -0.2) is 9.78 Å². The molecule has 0 aliphatic heterocycles. The molecule has 1 unspecified atom stereocenters. The minimum atomic E-state index is -0.524. The van der Waals surface area contributed by atoms with Crippen LogP contribution in [-0.4, -0.2) is 34.3 Å². The van der Waals surface area contributed by atoms with Crippen molar-refractivity contribution in [3.8, 4) is 0 Å². The third kappa shape index (κ3) is 3.70. The first kappa shape index (κ1) is 14.4. The largest absolute Gasteiger partial charge is 0.462 e. The lowest BCUT2D eigenvalue weighted by Gasteiger charge is -2.29. The van der Waals surface area contributed by atoms with E-state index in [2.05, 4.69) is 10.3 Å². The van der Waals surface area contributed by atoms with Gasteiger partial charge in [-0.05, 0) is 39.8 Å². The number of nitrogens with zero attached hydrogens (tertiary/aromatic N) is 1. The van der Waals surface area contributed by atoms with E-state index in [0.29, 0.717) is 18.0 Å². The van der Waals surface area contributed by atoms with Crippen LogP contribution in [0.1, 0.15) is 38.1 Å². The average Bonchev–Trinajstić information content (AvgIpc) is 2.29. The van der Waals surface area contributed by atoms with E-state index in [1.54, 1.807) is 26.0 Å². The van der Waals surface area contributed by atoms with Crippen molar-refractivity contribution in [3.05, 3.63) is 23.9 Å². The van der Waals surface area contributed by atoms with Crippen molar-refractivity contribution in [1.29, 1.82) is 0 Å². The monoisotopic (exact) mass is 252 g/mol. The molecule has 1 atom stereocenters. The van der Waals surface area contributed by atoms with Crippen LogP contribution in [-0.2, 0) is 4.74 Å². The molecule has 1 aromatic rings. The molecule has 0 radical (unpaired) electrons. The van der Waals surface area contributed by atoms with E-state index in [9.17, 15) is 9.90 Å². The van der Waals surface area contributed by atoms with Crippen LogP contribution in [0.5, 0.6) is 0 Å². The van der Waals surface area contributed by atoms with Crippen LogP contribution in [0.2, 0.25) is 0 Å². The average molecular weight is 252 g/mol. The second-order valence-electron chi connectivity index (χ2n) is 4.68. The number of rotatable bonds is 5. The van der Waals surface area contributed by atoms with Crippen LogP contribution in [0.15, 0.2) is 18.3 Å². The van der Waals surface area contributed by atoms with Gasteiger partial charge in [-0.3, -0.25) is 0 Å². The highest BCUT2D eigenvalue weighted by atomic mass is 16.5. The van der Waals surface area contributed by atoms with Gasteiger partial charge in [0.2, 0.25) is 0 Å². The molecule has 0 aliphatic carbocycles. The van der Waals surface area contributed by atoms with Gasteiger partial charge in [0.1, 0.15) is 5.82 Å². The maximum absolute atomic E-state index is 11.4. The van der Waals surface area contributed by atoms with E-state index in [1.807, 2.05) is 13.8 Å². The Morgan fingerprint density at radius 1 is 1.56 bits per heavy atom. The molecule has 2 N–H and O–H groups in total. The first-order valence-electron chi connectivity index (χ1n) is 5.96. The number of ether oxygens (including phenoxy) is 1. The van der Waals surface area contributed by atoms with Crippen LogP contribution in [0.3, 0.4) is 0 Å². The maximum atomic E-state index is 11.4. The normalized spacial score (nSPS) is 12.9. The van der Waals surface area contributed by atoms with Crippen molar-refractivity contribution in [2.75, 3.05) is 11.9 Å². The molecule has 5 nitrogen and oxygen atoms in total. The topological polar surface area (TPSA) is 71.5 Å². The molecular weight excluding hydrogens is 232 g/mol. The van der Waals surface area contributed by atoms with Crippen molar-refractivity contribution in [2.24, 2.45) is 0 Å². The summed E-state index contributed by atoms with van der Waals surface area (Å²) in [5.74, 6) is 0.222. The van der Waals surface area contributed by atoms with Gasteiger partial charge >= 0.3 is 5.97 Å². The van der Waals surface area contributed by atoms with Gasteiger partial charge in [0, 0.05) is 6.20 Å². The molecule has 0 fully saturated rings. The number of anilines is 1. The van der Waals surface area contributed by atoms with Gasteiger partial charge < -0.3 is 15.2 Å². The first-order valence-corrected chi connectivity index (χ1v) is 5.96. The van der Waals surface area contributed by atoms with Crippen molar-refractivity contribution in [2.45, 2.75) is 39.3 Å². The van der Waals surface area contributed by atoms with Gasteiger partial charge in [-0.15, -0.1) is 0 Å². The molecular formula is C13H20N2O3. The smallest absolute Gasteiger partial charge is 0.339 e. The fourth-order valence-corrected chi connectivity index (χ4v) is 1.24. The van der Waals surface area contributed by atoms with Gasteiger partial charge in [0.15, 0.2) is 0 Å². The first-order chi connectivity index (χ1) is 8.36. The Morgan fingerprint density at radius 2 is 2.22 bits per heavy atom. The van der Waals surface area contributed by atoms with Crippen LogP contribution in [0.25, 0.3) is 0 Å². The summed E-state index contributed by atoms with van der Waals surface area (Å²) in [5, 5.41) is 12.7. The molecule has 0 amide bonds. The molecule has 0 saturated carbocycles. The lowest BCUT2D eigenvalue weighted by atomic mass is 9.99. The summed E-state index contributed by atoms with van der Waals surface area (Å²) in [6.45, 7) is 7.55. The molecule has 100 valence electrons. The van der Waals surface area contributed by atoms with Crippen LogP contribution >= 0.6 is 0 Å². The summed E-state index contributed by atoms with van der Waals surface area (Å²) in [6.07, 6.45) is 0.933. The Kier molecular flexibility index (Phi) is 4.67. The Hall–Kier alpha value is -1.62. The fourth-order valence-electron chi connectivity index (χ4n) is 1.24. The molecule has 1 rings (SSSR count). The summed E-state index contributed by atoms with van der Waals surface area (Å²) in [4.78, 5) is 15.6.